The fourth-order valence-corrected chi connectivity index (χ4v) is 4.16. The van der Waals surface area contributed by atoms with Crippen molar-refractivity contribution < 1.29 is 23.9 Å². The van der Waals surface area contributed by atoms with Gasteiger partial charge in [0, 0.05) is 30.0 Å². The summed E-state index contributed by atoms with van der Waals surface area (Å²) >= 11 is 0. The van der Waals surface area contributed by atoms with E-state index in [2.05, 4.69) is 0 Å². The first-order valence-corrected chi connectivity index (χ1v) is 9.70. The lowest BCUT2D eigenvalue weighted by Gasteiger charge is -2.14. The van der Waals surface area contributed by atoms with Crippen LogP contribution in [0, 0.1) is 25.7 Å². The van der Waals surface area contributed by atoms with Gasteiger partial charge in [-0.25, -0.2) is 0 Å². The van der Waals surface area contributed by atoms with E-state index in [1.807, 2.05) is 37.5 Å². The number of imide groups is 1. The molecule has 0 saturated carbocycles. The zero-order valence-corrected chi connectivity index (χ0v) is 16.6. The second-order valence-corrected chi connectivity index (χ2v) is 7.35. The molecular formula is C21H26N2O5. The van der Waals surface area contributed by atoms with Crippen molar-refractivity contribution >= 4 is 23.6 Å². The predicted molar refractivity (Wildman–Crippen MR) is 102 cm³/mol. The van der Waals surface area contributed by atoms with Crippen molar-refractivity contribution in [2.24, 2.45) is 11.8 Å². The number of aromatic nitrogens is 1. The van der Waals surface area contributed by atoms with E-state index < -0.39 is 5.97 Å². The highest BCUT2D eigenvalue weighted by Gasteiger charge is 2.46. The molecule has 1 aliphatic carbocycles. The van der Waals surface area contributed by atoms with Crippen molar-refractivity contribution in [2.75, 3.05) is 13.2 Å². The van der Waals surface area contributed by atoms with Crippen molar-refractivity contribution in [3.63, 3.8) is 0 Å². The number of fused-ring (bicyclic) bond motifs is 1. The number of Topliss-reactive ketones (excluding diaryl/α,β-unsaturated/α-hetero) is 1. The average molecular weight is 386 g/mol. The summed E-state index contributed by atoms with van der Waals surface area (Å²) in [5, 5.41) is 0. The van der Waals surface area contributed by atoms with Gasteiger partial charge in [0.1, 0.15) is 0 Å². The molecule has 0 unspecified atom stereocenters. The number of ketones is 1. The van der Waals surface area contributed by atoms with E-state index in [1.54, 1.807) is 6.07 Å². The van der Waals surface area contributed by atoms with Crippen LogP contribution < -0.4 is 0 Å². The van der Waals surface area contributed by atoms with Crippen LogP contribution in [0.4, 0.5) is 0 Å². The van der Waals surface area contributed by atoms with Crippen molar-refractivity contribution in [2.45, 2.75) is 46.6 Å². The Balaban J connectivity index is 1.51. The number of esters is 1. The molecule has 0 aromatic carbocycles. The van der Waals surface area contributed by atoms with Gasteiger partial charge in [0.2, 0.25) is 17.6 Å². The molecule has 2 aliphatic rings. The van der Waals surface area contributed by atoms with Gasteiger partial charge >= 0.3 is 5.97 Å². The number of likely N-dealkylation sites (tertiary alicyclic amines) is 1. The number of hydrogen-bond acceptors (Lipinski definition) is 5. The van der Waals surface area contributed by atoms with Crippen LogP contribution in [0.15, 0.2) is 18.2 Å². The number of amides is 2. The number of carbonyl (C=O) groups is 4. The topological polar surface area (TPSA) is 85.7 Å². The van der Waals surface area contributed by atoms with Crippen LogP contribution in [0.25, 0.3) is 0 Å². The third kappa shape index (κ3) is 3.66. The van der Waals surface area contributed by atoms with E-state index >= 15 is 0 Å². The van der Waals surface area contributed by atoms with E-state index in [1.165, 1.54) is 4.90 Å². The third-order valence-corrected chi connectivity index (χ3v) is 5.69. The predicted octanol–water partition coefficient (Wildman–Crippen LogP) is 2.19. The lowest BCUT2D eigenvalue weighted by molar-refractivity contribution is -0.145. The Morgan fingerprint density at radius 3 is 2.25 bits per heavy atom. The molecule has 0 bridgehead atoms. The molecule has 0 N–H and O–H groups in total. The van der Waals surface area contributed by atoms with Crippen molar-refractivity contribution in [1.29, 1.82) is 0 Å². The molecule has 1 fully saturated rings. The molecule has 1 aromatic rings. The summed E-state index contributed by atoms with van der Waals surface area (Å²) in [7, 11) is 0. The molecule has 2 atom stereocenters. The van der Waals surface area contributed by atoms with Gasteiger partial charge in [-0.1, -0.05) is 12.2 Å². The third-order valence-electron chi connectivity index (χ3n) is 5.69. The summed E-state index contributed by atoms with van der Waals surface area (Å²) in [5.74, 6) is -1.88. The Morgan fingerprint density at radius 1 is 1.11 bits per heavy atom. The molecule has 1 aliphatic heterocycles. The number of rotatable bonds is 7. The van der Waals surface area contributed by atoms with Gasteiger partial charge < -0.3 is 9.30 Å². The maximum absolute atomic E-state index is 12.4. The monoisotopic (exact) mass is 386 g/mol. The molecule has 28 heavy (non-hydrogen) atoms. The highest BCUT2D eigenvalue weighted by Crippen LogP contribution is 2.35. The first-order chi connectivity index (χ1) is 13.3. The second kappa shape index (κ2) is 8.12. The van der Waals surface area contributed by atoms with Gasteiger partial charge in [0.15, 0.2) is 6.61 Å². The minimum atomic E-state index is -0.591. The quantitative estimate of drug-likeness (QED) is 0.310. The molecule has 150 valence electrons. The lowest BCUT2D eigenvalue weighted by atomic mass is 9.85. The lowest BCUT2D eigenvalue weighted by Crippen LogP contribution is -2.33. The summed E-state index contributed by atoms with van der Waals surface area (Å²) in [6, 6.07) is 1.80. The van der Waals surface area contributed by atoms with Crippen LogP contribution >= 0.6 is 0 Å². The number of ether oxygens (including phenoxy) is 1. The highest BCUT2D eigenvalue weighted by molar-refractivity contribution is 6.05. The molecular weight excluding hydrogens is 360 g/mol. The SMILES string of the molecule is CCn1c(C)cc(C(=O)COC(=O)CCN2C(=O)[C@H]3CC=CC[C@H]3C2=O)c1C. The van der Waals surface area contributed by atoms with Crippen LogP contribution in [0.2, 0.25) is 0 Å². The molecule has 7 nitrogen and oxygen atoms in total. The standard InChI is InChI=1S/C21H26N2O5/c1-4-22-13(2)11-17(14(22)3)18(24)12-28-19(25)9-10-23-20(26)15-7-5-6-8-16(15)21(23)27/h5-6,11,15-16H,4,7-10,12H2,1-3H3/t15-,16+. The van der Waals surface area contributed by atoms with Gasteiger partial charge in [0.25, 0.3) is 0 Å². The van der Waals surface area contributed by atoms with E-state index in [0.717, 1.165) is 17.9 Å². The molecule has 1 saturated heterocycles. The number of hydrogen-bond donors (Lipinski definition) is 0. The fraction of sp³-hybridized carbons (Fsp3) is 0.524. The van der Waals surface area contributed by atoms with E-state index in [-0.39, 0.29) is 49.0 Å². The van der Waals surface area contributed by atoms with E-state index in [4.69, 9.17) is 4.74 Å². The maximum atomic E-state index is 12.4. The Morgan fingerprint density at radius 2 is 1.71 bits per heavy atom. The largest absolute Gasteiger partial charge is 0.457 e. The van der Waals surface area contributed by atoms with Gasteiger partial charge in [-0.05, 0) is 39.7 Å². The summed E-state index contributed by atoms with van der Waals surface area (Å²) in [6.45, 7) is 6.22. The summed E-state index contributed by atoms with van der Waals surface area (Å²) in [4.78, 5) is 50.3. The van der Waals surface area contributed by atoms with Crippen LogP contribution in [0.3, 0.4) is 0 Å². The van der Waals surface area contributed by atoms with E-state index in [9.17, 15) is 19.2 Å². The zero-order valence-electron chi connectivity index (χ0n) is 16.6. The van der Waals surface area contributed by atoms with Crippen LogP contribution in [-0.2, 0) is 25.7 Å². The number of aryl methyl sites for hydroxylation is 1. The average Bonchev–Trinajstić information content (AvgIpc) is 3.11. The van der Waals surface area contributed by atoms with Crippen molar-refractivity contribution in [3.8, 4) is 0 Å². The molecule has 2 amide bonds. The first-order valence-electron chi connectivity index (χ1n) is 9.70. The smallest absolute Gasteiger partial charge is 0.308 e. The Labute approximate surface area is 164 Å². The molecule has 0 radical (unpaired) electrons. The van der Waals surface area contributed by atoms with Crippen molar-refractivity contribution in [3.05, 3.63) is 35.2 Å². The van der Waals surface area contributed by atoms with Gasteiger partial charge in [0.05, 0.1) is 18.3 Å². The summed E-state index contributed by atoms with van der Waals surface area (Å²) in [5.41, 5.74) is 2.39. The van der Waals surface area contributed by atoms with E-state index in [0.29, 0.717) is 18.4 Å². The van der Waals surface area contributed by atoms with Crippen molar-refractivity contribution in [1.82, 2.24) is 9.47 Å². The molecule has 3 rings (SSSR count). The zero-order chi connectivity index (χ0) is 20.4. The number of nitrogens with zero attached hydrogens (tertiary/aromatic N) is 2. The highest BCUT2D eigenvalue weighted by atomic mass is 16.5. The van der Waals surface area contributed by atoms with Crippen LogP contribution in [0.5, 0.6) is 0 Å². The molecule has 7 heteroatoms. The number of allylic oxidation sites excluding steroid dienone is 2. The summed E-state index contributed by atoms with van der Waals surface area (Å²) < 4.78 is 7.11. The van der Waals surface area contributed by atoms with Crippen LogP contribution in [-0.4, -0.2) is 46.2 Å². The molecule has 1 aromatic heterocycles. The normalized spacial score (nSPS) is 21.2. The van der Waals surface area contributed by atoms with Gasteiger partial charge in [-0.3, -0.25) is 24.1 Å². The minimum Gasteiger partial charge on any atom is -0.457 e. The second-order valence-electron chi connectivity index (χ2n) is 7.35. The molecule has 2 heterocycles. The van der Waals surface area contributed by atoms with Gasteiger partial charge in [-0.15, -0.1) is 0 Å². The van der Waals surface area contributed by atoms with Crippen LogP contribution in [0.1, 0.15) is 47.9 Å². The fourth-order valence-electron chi connectivity index (χ4n) is 4.16. The summed E-state index contributed by atoms with van der Waals surface area (Å²) in [6.07, 6.45) is 4.88. The first kappa shape index (κ1) is 20.0. The Bertz CT molecular complexity index is 825. The minimum absolute atomic E-state index is 0.00202. The van der Waals surface area contributed by atoms with Gasteiger partial charge in [-0.2, -0.15) is 0 Å². The maximum Gasteiger partial charge on any atom is 0.308 e. The Hall–Kier alpha value is -2.70. The molecule has 0 spiro atoms. The number of carbonyl (C=O) groups excluding carboxylic acids is 4. The Kier molecular flexibility index (Phi) is 5.82.